The molecule has 1 aromatic carbocycles. The summed E-state index contributed by atoms with van der Waals surface area (Å²) in [5.74, 6) is -2.50. The number of halogens is 3. The number of anilines is 1. The molecule has 1 aromatic rings. The van der Waals surface area contributed by atoms with Crippen molar-refractivity contribution in [2.45, 2.75) is 25.3 Å². The first-order chi connectivity index (χ1) is 10.4. The number of esters is 1. The molecule has 1 fully saturated rings. The van der Waals surface area contributed by atoms with Crippen molar-refractivity contribution in [1.29, 1.82) is 0 Å². The number of hydrogen-bond acceptors (Lipinski definition) is 3. The summed E-state index contributed by atoms with van der Waals surface area (Å²) >= 11 is 5.50. The van der Waals surface area contributed by atoms with Gasteiger partial charge in [-0.2, -0.15) is 0 Å². The van der Waals surface area contributed by atoms with Crippen molar-refractivity contribution in [2.75, 3.05) is 12.4 Å². The molecule has 0 aromatic heterocycles. The van der Waals surface area contributed by atoms with Crippen molar-refractivity contribution in [1.82, 2.24) is 5.32 Å². The molecule has 0 spiro atoms. The second-order valence-electron chi connectivity index (χ2n) is 5.07. The Morgan fingerprint density at radius 3 is 2.50 bits per heavy atom. The molecule has 0 saturated heterocycles. The SMILES string of the molecule is COC(=O)[C@H]1CC[C@@H](NC(=O)Nc2c(F)cc(Cl)cc2F)C1. The Morgan fingerprint density at radius 2 is 1.91 bits per heavy atom. The third kappa shape index (κ3) is 3.85. The summed E-state index contributed by atoms with van der Waals surface area (Å²) in [5, 5.41) is 4.60. The lowest BCUT2D eigenvalue weighted by molar-refractivity contribution is -0.145. The van der Waals surface area contributed by atoms with Gasteiger partial charge in [0.2, 0.25) is 0 Å². The topological polar surface area (TPSA) is 67.4 Å². The van der Waals surface area contributed by atoms with Gasteiger partial charge in [-0.3, -0.25) is 4.79 Å². The fraction of sp³-hybridized carbons (Fsp3) is 0.429. The molecule has 2 rings (SSSR count). The molecule has 2 atom stereocenters. The molecule has 120 valence electrons. The summed E-state index contributed by atoms with van der Waals surface area (Å²) in [6.45, 7) is 0. The number of carbonyl (C=O) groups excluding carboxylic acids is 2. The maximum absolute atomic E-state index is 13.6. The Balaban J connectivity index is 1.93. The van der Waals surface area contributed by atoms with E-state index in [4.69, 9.17) is 11.6 Å². The normalized spacial score (nSPS) is 20.5. The minimum absolute atomic E-state index is 0.0994. The van der Waals surface area contributed by atoms with E-state index in [1.54, 1.807) is 0 Å². The lowest BCUT2D eigenvalue weighted by atomic mass is 10.1. The highest BCUT2D eigenvalue weighted by Crippen LogP contribution is 2.27. The van der Waals surface area contributed by atoms with Crippen molar-refractivity contribution >= 4 is 29.3 Å². The van der Waals surface area contributed by atoms with Gasteiger partial charge in [0, 0.05) is 11.1 Å². The predicted molar refractivity (Wildman–Crippen MR) is 76.7 cm³/mol. The Morgan fingerprint density at radius 1 is 1.27 bits per heavy atom. The van der Waals surface area contributed by atoms with Crippen LogP contribution in [0.4, 0.5) is 19.3 Å². The van der Waals surface area contributed by atoms with Crippen molar-refractivity contribution in [3.63, 3.8) is 0 Å². The average molecular weight is 333 g/mol. The highest BCUT2D eigenvalue weighted by atomic mass is 35.5. The second-order valence-corrected chi connectivity index (χ2v) is 5.51. The molecule has 2 amide bonds. The van der Waals surface area contributed by atoms with Crippen LogP contribution in [0.1, 0.15) is 19.3 Å². The first kappa shape index (κ1) is 16.5. The molecule has 0 aliphatic heterocycles. The van der Waals surface area contributed by atoms with Crippen LogP contribution in [0, 0.1) is 17.6 Å². The van der Waals surface area contributed by atoms with E-state index < -0.39 is 23.4 Å². The third-order valence-corrected chi connectivity index (χ3v) is 3.77. The first-order valence-electron chi connectivity index (χ1n) is 6.70. The van der Waals surface area contributed by atoms with Crippen molar-refractivity contribution in [3.8, 4) is 0 Å². The summed E-state index contributed by atoms with van der Waals surface area (Å²) in [5.41, 5.74) is -0.565. The molecular formula is C14H15ClF2N2O3. The van der Waals surface area contributed by atoms with Crippen LogP contribution in [0.25, 0.3) is 0 Å². The molecule has 0 bridgehead atoms. The molecule has 8 heteroatoms. The molecule has 1 saturated carbocycles. The van der Waals surface area contributed by atoms with Crippen molar-refractivity contribution < 1.29 is 23.1 Å². The Labute approximate surface area is 131 Å². The third-order valence-electron chi connectivity index (χ3n) is 3.55. The first-order valence-corrected chi connectivity index (χ1v) is 7.08. The summed E-state index contributed by atoms with van der Waals surface area (Å²) in [4.78, 5) is 23.2. The van der Waals surface area contributed by atoms with Crippen LogP contribution in [0.15, 0.2) is 12.1 Å². The Kier molecular flexibility index (Phi) is 5.18. The highest BCUT2D eigenvalue weighted by molar-refractivity contribution is 6.30. The van der Waals surface area contributed by atoms with E-state index in [2.05, 4.69) is 15.4 Å². The molecule has 5 nitrogen and oxygen atoms in total. The number of ether oxygens (including phenoxy) is 1. The van der Waals surface area contributed by atoms with Gasteiger partial charge in [0.15, 0.2) is 11.6 Å². The van der Waals surface area contributed by atoms with Gasteiger partial charge < -0.3 is 15.4 Å². The number of urea groups is 1. The van der Waals surface area contributed by atoms with Crippen LogP contribution in [0.3, 0.4) is 0 Å². The maximum Gasteiger partial charge on any atom is 0.319 e. The standard InChI is InChI=1S/C14H15ClF2N2O3/c1-22-13(20)7-2-3-9(4-7)18-14(21)19-12-10(16)5-8(15)6-11(12)17/h5-7,9H,2-4H2,1H3,(H2,18,19,21)/t7-,9+/m0/s1. The van der Waals surface area contributed by atoms with Gasteiger partial charge in [0.1, 0.15) is 5.69 Å². The minimum Gasteiger partial charge on any atom is -0.469 e. The number of amides is 2. The quantitative estimate of drug-likeness (QED) is 0.836. The van der Waals surface area contributed by atoms with E-state index in [9.17, 15) is 18.4 Å². The molecule has 22 heavy (non-hydrogen) atoms. The number of benzene rings is 1. The zero-order chi connectivity index (χ0) is 16.3. The number of carbonyl (C=O) groups is 2. The number of nitrogens with one attached hydrogen (secondary N) is 2. The van der Waals surface area contributed by atoms with Crippen molar-refractivity contribution in [3.05, 3.63) is 28.8 Å². The van der Waals surface area contributed by atoms with Crippen LogP contribution in [0.5, 0.6) is 0 Å². The van der Waals surface area contributed by atoms with E-state index in [1.165, 1.54) is 7.11 Å². The fourth-order valence-electron chi connectivity index (χ4n) is 2.49. The Hall–Kier alpha value is -1.89. The van der Waals surface area contributed by atoms with Crippen LogP contribution in [-0.2, 0) is 9.53 Å². The number of methoxy groups -OCH3 is 1. The van der Waals surface area contributed by atoms with Gasteiger partial charge in [0.25, 0.3) is 0 Å². The maximum atomic E-state index is 13.6. The predicted octanol–water partition coefficient (Wildman–Crippen LogP) is 3.08. The van der Waals surface area contributed by atoms with Gasteiger partial charge in [-0.05, 0) is 31.4 Å². The molecule has 1 aliphatic carbocycles. The molecule has 0 radical (unpaired) electrons. The zero-order valence-electron chi connectivity index (χ0n) is 11.8. The van der Waals surface area contributed by atoms with Crippen LogP contribution in [0.2, 0.25) is 5.02 Å². The smallest absolute Gasteiger partial charge is 0.319 e. The van der Waals surface area contributed by atoms with Gasteiger partial charge in [-0.25, -0.2) is 13.6 Å². The van der Waals surface area contributed by atoms with E-state index in [-0.39, 0.29) is 23.0 Å². The second kappa shape index (κ2) is 6.91. The molecule has 2 N–H and O–H groups in total. The number of hydrogen-bond donors (Lipinski definition) is 2. The van der Waals surface area contributed by atoms with E-state index in [1.807, 2.05) is 0 Å². The molecule has 0 heterocycles. The van der Waals surface area contributed by atoms with E-state index in [0.29, 0.717) is 19.3 Å². The molecule has 1 aliphatic rings. The molecule has 0 unspecified atom stereocenters. The van der Waals surface area contributed by atoms with Gasteiger partial charge in [0.05, 0.1) is 13.0 Å². The highest BCUT2D eigenvalue weighted by Gasteiger charge is 2.31. The summed E-state index contributed by atoms with van der Waals surface area (Å²) in [7, 11) is 1.31. The summed E-state index contributed by atoms with van der Waals surface area (Å²) in [6.07, 6.45) is 1.63. The van der Waals surface area contributed by atoms with Gasteiger partial charge in [-0.15, -0.1) is 0 Å². The van der Waals surface area contributed by atoms with Gasteiger partial charge in [-0.1, -0.05) is 11.6 Å². The van der Waals surface area contributed by atoms with E-state index in [0.717, 1.165) is 12.1 Å². The minimum atomic E-state index is -0.959. The lowest BCUT2D eigenvalue weighted by Gasteiger charge is -2.14. The average Bonchev–Trinajstić information content (AvgIpc) is 2.90. The zero-order valence-corrected chi connectivity index (χ0v) is 12.5. The van der Waals surface area contributed by atoms with Gasteiger partial charge >= 0.3 is 12.0 Å². The van der Waals surface area contributed by atoms with E-state index >= 15 is 0 Å². The monoisotopic (exact) mass is 332 g/mol. The largest absolute Gasteiger partial charge is 0.469 e. The lowest BCUT2D eigenvalue weighted by Crippen LogP contribution is -2.37. The summed E-state index contributed by atoms with van der Waals surface area (Å²) in [6, 6.07) is 0.824. The van der Waals surface area contributed by atoms with Crippen LogP contribution < -0.4 is 10.6 Å². The molecular weight excluding hydrogens is 318 g/mol. The van der Waals surface area contributed by atoms with Crippen LogP contribution in [-0.4, -0.2) is 25.2 Å². The summed E-state index contributed by atoms with van der Waals surface area (Å²) < 4.78 is 31.8. The van der Waals surface area contributed by atoms with Crippen LogP contribution >= 0.6 is 11.6 Å². The number of rotatable bonds is 3. The van der Waals surface area contributed by atoms with Crippen molar-refractivity contribution in [2.24, 2.45) is 5.92 Å². The fourth-order valence-corrected chi connectivity index (χ4v) is 2.68. The Bertz CT molecular complexity index is 574.